The number of para-hydroxylation sites is 1. The van der Waals surface area contributed by atoms with Crippen molar-refractivity contribution in [3.8, 4) is 11.1 Å². The Balaban J connectivity index is 1.79. The standard InChI is InChI=1S/C32H44N4O4/c1-20(2)23(5)33-32(39)34(6)17-28-21(3)16-36(22(4)18-37)31(38)30-29(25-13-9-8-12-24(25)19-40-28)26-14-10-11-15-27(26)35(30)7/h8-15,20-23,28,37H,16-19H2,1-7H3,(H,33,39)/t21-,22-,23+,28-/m1/s1. The summed E-state index contributed by atoms with van der Waals surface area (Å²) in [6.07, 6.45) is -0.336. The SMILES string of the molecule is CC(C)[C@H](C)NC(=O)N(C)C[C@H]1OCc2ccccc2-c2c(n(C)c3ccccc23)C(=O)N([C@H](C)CO)C[C@H]1C. The van der Waals surface area contributed by atoms with E-state index < -0.39 is 6.04 Å². The summed E-state index contributed by atoms with van der Waals surface area (Å²) in [5, 5.41) is 14.2. The Hall–Kier alpha value is -3.36. The lowest BCUT2D eigenvalue weighted by Crippen LogP contribution is -2.50. The van der Waals surface area contributed by atoms with Crippen LogP contribution in [-0.2, 0) is 18.4 Å². The average Bonchev–Trinajstić information content (AvgIpc) is 3.23. The van der Waals surface area contributed by atoms with Crippen LogP contribution in [0.4, 0.5) is 4.79 Å². The molecule has 0 saturated heterocycles. The molecule has 0 saturated carbocycles. The fraction of sp³-hybridized carbons (Fsp3) is 0.500. The molecule has 0 fully saturated rings. The Labute approximate surface area is 237 Å². The van der Waals surface area contributed by atoms with Gasteiger partial charge >= 0.3 is 6.03 Å². The minimum absolute atomic E-state index is 0.0413. The van der Waals surface area contributed by atoms with Gasteiger partial charge in [-0.2, -0.15) is 0 Å². The van der Waals surface area contributed by atoms with Crippen LogP contribution in [0.3, 0.4) is 0 Å². The predicted molar refractivity (Wildman–Crippen MR) is 159 cm³/mol. The molecule has 0 unspecified atom stereocenters. The van der Waals surface area contributed by atoms with Crippen LogP contribution in [0.15, 0.2) is 48.5 Å². The monoisotopic (exact) mass is 548 g/mol. The van der Waals surface area contributed by atoms with Crippen molar-refractivity contribution in [2.75, 3.05) is 26.7 Å². The summed E-state index contributed by atoms with van der Waals surface area (Å²) in [5.41, 5.74) is 4.37. The molecule has 3 amide bonds. The number of nitrogens with zero attached hydrogens (tertiary/aromatic N) is 3. The Morgan fingerprint density at radius 2 is 1.80 bits per heavy atom. The number of amides is 3. The van der Waals surface area contributed by atoms with E-state index in [1.807, 2.05) is 74.9 Å². The summed E-state index contributed by atoms with van der Waals surface area (Å²) in [6.45, 7) is 11.0. The van der Waals surface area contributed by atoms with Gasteiger partial charge in [0.15, 0.2) is 0 Å². The summed E-state index contributed by atoms with van der Waals surface area (Å²) in [4.78, 5) is 30.8. The second kappa shape index (κ2) is 12.4. The molecule has 1 aliphatic rings. The van der Waals surface area contributed by atoms with E-state index in [-0.39, 0.29) is 36.6 Å². The molecule has 1 aromatic heterocycles. The number of rotatable bonds is 6. The van der Waals surface area contributed by atoms with Gasteiger partial charge in [0.2, 0.25) is 0 Å². The van der Waals surface area contributed by atoms with Crippen molar-refractivity contribution in [3.63, 3.8) is 0 Å². The number of urea groups is 1. The highest BCUT2D eigenvalue weighted by molar-refractivity contribution is 6.10. The minimum Gasteiger partial charge on any atom is -0.394 e. The van der Waals surface area contributed by atoms with Gasteiger partial charge in [0.25, 0.3) is 5.91 Å². The van der Waals surface area contributed by atoms with Crippen LogP contribution in [0.2, 0.25) is 0 Å². The molecule has 4 rings (SSSR count). The highest BCUT2D eigenvalue weighted by Gasteiger charge is 2.34. The van der Waals surface area contributed by atoms with Gasteiger partial charge in [0, 0.05) is 55.6 Å². The van der Waals surface area contributed by atoms with Crippen LogP contribution in [-0.4, -0.2) is 76.3 Å². The molecular formula is C32H44N4O4. The largest absolute Gasteiger partial charge is 0.394 e. The number of nitrogens with one attached hydrogen (secondary N) is 1. The molecule has 1 aliphatic heterocycles. The first-order valence-corrected chi connectivity index (χ1v) is 14.3. The fourth-order valence-corrected chi connectivity index (χ4v) is 5.35. The van der Waals surface area contributed by atoms with Crippen molar-refractivity contribution in [1.82, 2.24) is 19.7 Å². The molecule has 2 heterocycles. The third kappa shape index (κ3) is 5.88. The van der Waals surface area contributed by atoms with Crippen molar-refractivity contribution in [2.45, 2.75) is 59.4 Å². The quantitative estimate of drug-likeness (QED) is 0.459. The molecule has 2 aromatic carbocycles. The topological polar surface area (TPSA) is 87.0 Å². The van der Waals surface area contributed by atoms with Gasteiger partial charge in [-0.15, -0.1) is 0 Å². The number of fused-ring (bicyclic) bond motifs is 5. The van der Waals surface area contributed by atoms with Crippen LogP contribution in [0, 0.1) is 11.8 Å². The Morgan fingerprint density at radius 3 is 2.50 bits per heavy atom. The first-order valence-electron chi connectivity index (χ1n) is 14.3. The fourth-order valence-electron chi connectivity index (χ4n) is 5.35. The Morgan fingerprint density at radius 1 is 1.12 bits per heavy atom. The number of benzene rings is 2. The summed E-state index contributed by atoms with van der Waals surface area (Å²) >= 11 is 0. The van der Waals surface area contributed by atoms with Gasteiger partial charge in [-0.3, -0.25) is 4.79 Å². The van der Waals surface area contributed by atoms with E-state index in [0.29, 0.717) is 31.3 Å². The maximum Gasteiger partial charge on any atom is 0.317 e. The van der Waals surface area contributed by atoms with Crippen molar-refractivity contribution in [1.29, 1.82) is 0 Å². The predicted octanol–water partition coefficient (Wildman–Crippen LogP) is 4.89. The van der Waals surface area contributed by atoms with E-state index in [4.69, 9.17) is 4.74 Å². The maximum absolute atomic E-state index is 14.4. The molecule has 0 radical (unpaired) electrons. The number of aliphatic hydroxyl groups is 1. The number of hydrogen-bond donors (Lipinski definition) is 2. The Bertz CT molecular complexity index is 1350. The van der Waals surface area contributed by atoms with Crippen LogP contribution < -0.4 is 5.32 Å². The van der Waals surface area contributed by atoms with Crippen molar-refractivity contribution >= 4 is 22.8 Å². The number of carbonyl (C=O) groups is 2. The molecule has 2 N–H and O–H groups in total. The number of ether oxygens (including phenoxy) is 1. The number of likely N-dealkylation sites (N-methyl/N-ethyl adjacent to an activating group) is 1. The van der Waals surface area contributed by atoms with Crippen LogP contribution in [0.5, 0.6) is 0 Å². The van der Waals surface area contributed by atoms with E-state index in [2.05, 4.69) is 25.2 Å². The highest BCUT2D eigenvalue weighted by Crippen LogP contribution is 2.38. The normalized spacial score (nSPS) is 19.5. The first-order chi connectivity index (χ1) is 19.0. The van der Waals surface area contributed by atoms with E-state index >= 15 is 0 Å². The number of aromatic nitrogens is 1. The van der Waals surface area contributed by atoms with Crippen LogP contribution >= 0.6 is 0 Å². The van der Waals surface area contributed by atoms with Crippen molar-refractivity contribution < 1.29 is 19.4 Å². The molecule has 3 aromatic rings. The zero-order valence-corrected chi connectivity index (χ0v) is 24.8. The van der Waals surface area contributed by atoms with Crippen LogP contribution in [0.25, 0.3) is 22.0 Å². The first kappa shape index (κ1) is 29.6. The second-order valence-electron chi connectivity index (χ2n) is 11.6. The van der Waals surface area contributed by atoms with Crippen molar-refractivity contribution in [3.05, 3.63) is 59.8 Å². The smallest absolute Gasteiger partial charge is 0.317 e. The number of aliphatic hydroxyl groups excluding tert-OH is 1. The molecule has 4 atom stereocenters. The molecule has 8 heteroatoms. The molecule has 0 spiro atoms. The molecule has 0 bridgehead atoms. The van der Waals surface area contributed by atoms with Crippen LogP contribution in [0.1, 0.15) is 50.7 Å². The van der Waals surface area contributed by atoms with Crippen molar-refractivity contribution in [2.24, 2.45) is 18.9 Å². The Kier molecular flexibility index (Phi) is 9.21. The summed E-state index contributed by atoms with van der Waals surface area (Å²) < 4.78 is 8.56. The summed E-state index contributed by atoms with van der Waals surface area (Å²) in [5.74, 6) is 0.0761. The van der Waals surface area contributed by atoms with E-state index in [1.54, 1.807) is 16.8 Å². The van der Waals surface area contributed by atoms with E-state index in [9.17, 15) is 14.7 Å². The summed E-state index contributed by atoms with van der Waals surface area (Å²) in [7, 11) is 3.70. The zero-order chi connectivity index (χ0) is 29.1. The third-order valence-corrected chi connectivity index (χ3v) is 8.38. The van der Waals surface area contributed by atoms with Gasteiger partial charge in [-0.05, 0) is 37.0 Å². The highest BCUT2D eigenvalue weighted by atomic mass is 16.5. The van der Waals surface area contributed by atoms with E-state index in [1.165, 1.54) is 0 Å². The molecule has 216 valence electrons. The third-order valence-electron chi connectivity index (χ3n) is 8.38. The molecule has 0 aliphatic carbocycles. The number of carbonyl (C=O) groups excluding carboxylic acids is 2. The zero-order valence-electron chi connectivity index (χ0n) is 24.8. The molecular weight excluding hydrogens is 504 g/mol. The lowest BCUT2D eigenvalue weighted by atomic mass is 9.96. The summed E-state index contributed by atoms with van der Waals surface area (Å²) in [6, 6.07) is 15.6. The van der Waals surface area contributed by atoms with Gasteiger partial charge in [0.1, 0.15) is 5.69 Å². The van der Waals surface area contributed by atoms with Gasteiger partial charge in [-0.1, -0.05) is 63.2 Å². The van der Waals surface area contributed by atoms with Gasteiger partial charge in [0.05, 0.1) is 25.4 Å². The van der Waals surface area contributed by atoms with Gasteiger partial charge < -0.3 is 29.5 Å². The van der Waals surface area contributed by atoms with Gasteiger partial charge in [-0.25, -0.2) is 4.79 Å². The average molecular weight is 549 g/mol. The number of hydrogen-bond acceptors (Lipinski definition) is 4. The lowest BCUT2D eigenvalue weighted by molar-refractivity contribution is -0.0186. The molecule has 8 nitrogen and oxygen atoms in total. The maximum atomic E-state index is 14.4. The minimum atomic E-state index is -0.398. The second-order valence-corrected chi connectivity index (χ2v) is 11.6. The molecule has 40 heavy (non-hydrogen) atoms. The lowest BCUT2D eigenvalue weighted by Gasteiger charge is -2.35. The number of aryl methyl sites for hydroxylation is 1. The van der Waals surface area contributed by atoms with E-state index in [0.717, 1.165) is 27.6 Å².